The van der Waals surface area contributed by atoms with Crippen LogP contribution in [0.3, 0.4) is 0 Å². The molecular formula is C17H21N7. The molecule has 2 aromatic heterocycles. The standard InChI is InChI=1S/C17H21N7/c1-20-16-14(7-4-8-21-17(18)19)24-15(10-23-16)12-9-22-13-6-3-2-5-11(12)13/h2-3,5-6,9-10,22H,4,7-8H2,1H3,(H,20,23)(H4,18,19,21). The third-order valence-corrected chi connectivity index (χ3v) is 3.81. The number of aryl methyl sites for hydroxylation is 1. The third kappa shape index (κ3) is 3.29. The number of anilines is 1. The van der Waals surface area contributed by atoms with Crippen LogP contribution in [0.25, 0.3) is 22.2 Å². The van der Waals surface area contributed by atoms with Gasteiger partial charge in [0.05, 0.1) is 17.6 Å². The van der Waals surface area contributed by atoms with E-state index in [1.165, 1.54) is 0 Å². The molecule has 0 saturated heterocycles. The van der Waals surface area contributed by atoms with E-state index in [1.54, 1.807) is 6.20 Å². The Hall–Kier alpha value is -3.09. The van der Waals surface area contributed by atoms with Gasteiger partial charge in [-0.1, -0.05) is 18.2 Å². The number of nitrogens with zero attached hydrogens (tertiary/aromatic N) is 3. The summed E-state index contributed by atoms with van der Waals surface area (Å²) in [5.41, 5.74) is 14.6. The Morgan fingerprint density at radius 1 is 1.29 bits per heavy atom. The van der Waals surface area contributed by atoms with Gasteiger partial charge in [0.2, 0.25) is 0 Å². The normalized spacial score (nSPS) is 10.7. The molecule has 0 fully saturated rings. The average Bonchev–Trinajstić information content (AvgIpc) is 3.02. The number of aliphatic imine (C=N–C) groups is 1. The number of benzene rings is 1. The predicted molar refractivity (Wildman–Crippen MR) is 97.9 cm³/mol. The Bertz CT molecular complexity index is 862. The second-order valence-electron chi connectivity index (χ2n) is 5.46. The van der Waals surface area contributed by atoms with E-state index < -0.39 is 0 Å². The van der Waals surface area contributed by atoms with Gasteiger partial charge < -0.3 is 21.8 Å². The number of hydrogen-bond donors (Lipinski definition) is 4. The summed E-state index contributed by atoms with van der Waals surface area (Å²) >= 11 is 0. The maximum Gasteiger partial charge on any atom is 0.185 e. The first-order valence-electron chi connectivity index (χ1n) is 7.84. The van der Waals surface area contributed by atoms with Crippen molar-refractivity contribution in [1.29, 1.82) is 0 Å². The zero-order chi connectivity index (χ0) is 16.9. The van der Waals surface area contributed by atoms with Crippen molar-refractivity contribution in [3.8, 4) is 11.3 Å². The molecule has 0 spiro atoms. The van der Waals surface area contributed by atoms with Crippen molar-refractivity contribution in [2.24, 2.45) is 16.5 Å². The molecule has 1 aromatic carbocycles. The van der Waals surface area contributed by atoms with Gasteiger partial charge in [0.25, 0.3) is 0 Å². The summed E-state index contributed by atoms with van der Waals surface area (Å²) in [6.45, 7) is 0.574. The van der Waals surface area contributed by atoms with E-state index in [9.17, 15) is 0 Å². The molecule has 0 atom stereocenters. The van der Waals surface area contributed by atoms with Crippen LogP contribution in [0.15, 0.2) is 41.7 Å². The summed E-state index contributed by atoms with van der Waals surface area (Å²) in [5, 5.41) is 4.22. The van der Waals surface area contributed by atoms with Crippen molar-refractivity contribution in [3.63, 3.8) is 0 Å². The van der Waals surface area contributed by atoms with Crippen molar-refractivity contribution in [2.75, 3.05) is 18.9 Å². The summed E-state index contributed by atoms with van der Waals surface area (Å²) < 4.78 is 0. The summed E-state index contributed by atoms with van der Waals surface area (Å²) in [5.74, 6) is 0.894. The van der Waals surface area contributed by atoms with E-state index in [2.05, 4.69) is 26.3 Å². The zero-order valence-corrected chi connectivity index (χ0v) is 13.6. The van der Waals surface area contributed by atoms with Crippen LogP contribution in [0.1, 0.15) is 12.1 Å². The van der Waals surface area contributed by atoms with Crippen LogP contribution in [0, 0.1) is 0 Å². The van der Waals surface area contributed by atoms with Crippen LogP contribution in [0.5, 0.6) is 0 Å². The Balaban J connectivity index is 1.89. The monoisotopic (exact) mass is 323 g/mol. The second kappa shape index (κ2) is 6.99. The van der Waals surface area contributed by atoms with Gasteiger partial charge >= 0.3 is 0 Å². The highest BCUT2D eigenvalue weighted by Crippen LogP contribution is 2.28. The van der Waals surface area contributed by atoms with Gasteiger partial charge in [0, 0.05) is 36.3 Å². The molecule has 6 N–H and O–H groups in total. The van der Waals surface area contributed by atoms with Gasteiger partial charge in [-0.25, -0.2) is 9.97 Å². The number of aromatic amines is 1. The van der Waals surface area contributed by atoms with Gasteiger partial charge in [-0.05, 0) is 18.9 Å². The quantitative estimate of drug-likeness (QED) is 0.314. The Kier molecular flexibility index (Phi) is 4.60. The molecule has 3 rings (SSSR count). The van der Waals surface area contributed by atoms with E-state index in [0.717, 1.165) is 46.5 Å². The first-order chi connectivity index (χ1) is 11.7. The maximum atomic E-state index is 5.35. The van der Waals surface area contributed by atoms with Gasteiger partial charge in [-0.2, -0.15) is 0 Å². The molecule has 3 aromatic rings. The largest absolute Gasteiger partial charge is 0.372 e. The minimum atomic E-state index is 0.113. The van der Waals surface area contributed by atoms with E-state index >= 15 is 0 Å². The van der Waals surface area contributed by atoms with Gasteiger partial charge in [-0.15, -0.1) is 0 Å². The minimum absolute atomic E-state index is 0.113. The van der Waals surface area contributed by atoms with Crippen molar-refractivity contribution in [1.82, 2.24) is 15.0 Å². The Morgan fingerprint density at radius 3 is 2.92 bits per heavy atom. The highest BCUT2D eigenvalue weighted by Gasteiger charge is 2.11. The fourth-order valence-corrected chi connectivity index (χ4v) is 2.68. The molecule has 0 unspecified atom stereocenters. The number of guanidine groups is 1. The number of fused-ring (bicyclic) bond motifs is 1. The van der Waals surface area contributed by atoms with Gasteiger partial charge in [0.15, 0.2) is 5.96 Å². The SMILES string of the molecule is CNc1ncc(-c2c[nH]c3ccccc23)nc1CCCN=C(N)N. The highest BCUT2D eigenvalue weighted by molar-refractivity contribution is 5.94. The first-order valence-corrected chi connectivity index (χ1v) is 7.84. The number of hydrogen-bond acceptors (Lipinski definition) is 4. The molecule has 7 heteroatoms. The smallest absolute Gasteiger partial charge is 0.185 e. The van der Waals surface area contributed by atoms with Crippen molar-refractivity contribution in [2.45, 2.75) is 12.8 Å². The zero-order valence-electron chi connectivity index (χ0n) is 13.6. The topological polar surface area (TPSA) is 118 Å². The lowest BCUT2D eigenvalue weighted by Crippen LogP contribution is -2.23. The number of para-hydroxylation sites is 1. The molecule has 0 radical (unpaired) electrons. The molecule has 0 amide bonds. The first kappa shape index (κ1) is 15.8. The lowest BCUT2D eigenvalue weighted by Gasteiger charge is -2.09. The molecule has 0 aliphatic heterocycles. The van der Waals surface area contributed by atoms with E-state index in [-0.39, 0.29) is 5.96 Å². The van der Waals surface area contributed by atoms with Crippen LogP contribution in [0.2, 0.25) is 0 Å². The number of nitrogens with two attached hydrogens (primary N) is 2. The maximum absolute atomic E-state index is 5.35. The molecule has 24 heavy (non-hydrogen) atoms. The molecular weight excluding hydrogens is 302 g/mol. The number of rotatable bonds is 6. The van der Waals surface area contributed by atoms with E-state index in [0.29, 0.717) is 6.54 Å². The molecule has 0 saturated carbocycles. The summed E-state index contributed by atoms with van der Waals surface area (Å²) in [6.07, 6.45) is 5.31. The predicted octanol–water partition coefficient (Wildman–Crippen LogP) is 1.87. The van der Waals surface area contributed by atoms with Crippen LogP contribution < -0.4 is 16.8 Å². The van der Waals surface area contributed by atoms with E-state index in [4.69, 9.17) is 16.5 Å². The fraction of sp³-hybridized carbons (Fsp3) is 0.235. The molecule has 0 aliphatic carbocycles. The molecule has 0 bridgehead atoms. The minimum Gasteiger partial charge on any atom is -0.372 e. The summed E-state index contributed by atoms with van der Waals surface area (Å²) in [7, 11) is 1.84. The molecule has 2 heterocycles. The van der Waals surface area contributed by atoms with E-state index in [1.807, 2.05) is 31.4 Å². The average molecular weight is 323 g/mol. The van der Waals surface area contributed by atoms with Crippen LogP contribution in [-0.4, -0.2) is 34.5 Å². The van der Waals surface area contributed by atoms with Crippen LogP contribution in [-0.2, 0) is 6.42 Å². The number of nitrogens with one attached hydrogen (secondary N) is 2. The third-order valence-electron chi connectivity index (χ3n) is 3.81. The lowest BCUT2D eigenvalue weighted by atomic mass is 10.1. The van der Waals surface area contributed by atoms with Gasteiger partial charge in [-0.3, -0.25) is 4.99 Å². The molecule has 7 nitrogen and oxygen atoms in total. The van der Waals surface area contributed by atoms with Crippen LogP contribution >= 0.6 is 0 Å². The second-order valence-corrected chi connectivity index (χ2v) is 5.46. The molecule has 124 valence electrons. The highest BCUT2D eigenvalue weighted by atomic mass is 15.0. The van der Waals surface area contributed by atoms with Crippen molar-refractivity contribution >= 4 is 22.7 Å². The van der Waals surface area contributed by atoms with Crippen LogP contribution in [0.4, 0.5) is 5.82 Å². The Labute approximate surface area is 140 Å². The number of H-pyrrole nitrogens is 1. The number of aromatic nitrogens is 3. The lowest BCUT2D eigenvalue weighted by molar-refractivity contribution is 0.806. The van der Waals surface area contributed by atoms with Gasteiger partial charge in [0.1, 0.15) is 5.82 Å². The fourth-order valence-electron chi connectivity index (χ4n) is 2.68. The Morgan fingerprint density at radius 2 is 2.12 bits per heavy atom. The summed E-state index contributed by atoms with van der Waals surface area (Å²) in [4.78, 5) is 16.6. The molecule has 0 aliphatic rings. The van der Waals surface area contributed by atoms with Crippen molar-refractivity contribution < 1.29 is 0 Å². The summed E-state index contributed by atoms with van der Waals surface area (Å²) in [6, 6.07) is 8.15. The van der Waals surface area contributed by atoms with Crippen molar-refractivity contribution in [3.05, 3.63) is 42.4 Å².